The number of rotatable bonds is 8. The number of nitro groups is 1. The summed E-state index contributed by atoms with van der Waals surface area (Å²) >= 11 is 1.86. The van der Waals surface area contributed by atoms with E-state index in [2.05, 4.69) is 4.90 Å². The summed E-state index contributed by atoms with van der Waals surface area (Å²) in [5, 5.41) is 11.6. The Labute approximate surface area is 231 Å². The minimum absolute atomic E-state index is 0.103. The van der Waals surface area contributed by atoms with E-state index in [-0.39, 0.29) is 17.7 Å². The lowest BCUT2D eigenvalue weighted by Gasteiger charge is -2.46. The van der Waals surface area contributed by atoms with Crippen LogP contribution in [0.1, 0.15) is 33.2 Å². The molecular formula is C31H27N3O4S. The monoisotopic (exact) mass is 537 g/mol. The lowest BCUT2D eigenvalue weighted by Crippen LogP contribution is -2.48. The molecule has 2 aliphatic heterocycles. The average Bonchev–Trinajstić information content (AvgIpc) is 2.94. The number of amides is 1. The summed E-state index contributed by atoms with van der Waals surface area (Å²) in [6, 6.07) is 32.4. The van der Waals surface area contributed by atoms with Gasteiger partial charge in [0.05, 0.1) is 16.2 Å². The van der Waals surface area contributed by atoms with Gasteiger partial charge in [-0.05, 0) is 34.9 Å². The van der Waals surface area contributed by atoms with Crippen molar-refractivity contribution in [3.05, 3.63) is 135 Å². The van der Waals surface area contributed by atoms with Crippen LogP contribution in [0.25, 0.3) is 0 Å². The first kappa shape index (κ1) is 25.0. The van der Waals surface area contributed by atoms with Crippen molar-refractivity contribution in [2.75, 3.05) is 16.4 Å². The summed E-state index contributed by atoms with van der Waals surface area (Å²) in [7, 11) is 0. The molecule has 196 valence electrons. The molecule has 4 aromatic carbocycles. The van der Waals surface area contributed by atoms with Crippen LogP contribution in [0.15, 0.2) is 103 Å². The molecule has 1 fully saturated rings. The summed E-state index contributed by atoms with van der Waals surface area (Å²) in [5.74, 6) is 2.48. The first-order valence-corrected chi connectivity index (χ1v) is 14.0. The van der Waals surface area contributed by atoms with Crippen LogP contribution in [0.5, 0.6) is 5.75 Å². The molecule has 1 atom stereocenters. The van der Waals surface area contributed by atoms with Gasteiger partial charge in [-0.2, -0.15) is 11.8 Å². The molecule has 0 saturated carbocycles. The summed E-state index contributed by atoms with van der Waals surface area (Å²) in [4.78, 5) is 29.3. The van der Waals surface area contributed by atoms with Crippen molar-refractivity contribution in [2.45, 2.75) is 25.4 Å². The molecule has 0 aliphatic carbocycles. The third-order valence-electron chi connectivity index (χ3n) is 7.04. The van der Waals surface area contributed by atoms with Gasteiger partial charge < -0.3 is 14.5 Å². The fraction of sp³-hybridized carbons (Fsp3) is 0.194. The normalized spacial score (nSPS) is 16.9. The summed E-state index contributed by atoms with van der Waals surface area (Å²) in [5.41, 5.74) is 3.86. The maximum atomic E-state index is 14.1. The zero-order chi connectivity index (χ0) is 26.8. The summed E-state index contributed by atoms with van der Waals surface area (Å²) in [6.45, 7) is 0.862. The molecule has 0 aromatic heterocycles. The number of ether oxygens (including phenoxy) is 1. The number of hydrogen-bond donors (Lipinski definition) is 0. The van der Waals surface area contributed by atoms with Crippen LogP contribution in [0.3, 0.4) is 0 Å². The third-order valence-corrected chi connectivity index (χ3v) is 8.26. The van der Waals surface area contributed by atoms with Gasteiger partial charge in [-0.15, -0.1) is 0 Å². The Balaban J connectivity index is 1.49. The van der Waals surface area contributed by atoms with Crippen LogP contribution in [0.2, 0.25) is 0 Å². The quantitative estimate of drug-likeness (QED) is 0.190. The molecule has 2 heterocycles. The van der Waals surface area contributed by atoms with E-state index in [0.29, 0.717) is 24.3 Å². The minimum atomic E-state index is -0.456. The first-order chi connectivity index (χ1) is 19.1. The van der Waals surface area contributed by atoms with Crippen LogP contribution in [-0.2, 0) is 13.1 Å². The van der Waals surface area contributed by atoms with Gasteiger partial charge in [0.1, 0.15) is 18.0 Å². The Morgan fingerprint density at radius 1 is 0.821 bits per heavy atom. The summed E-state index contributed by atoms with van der Waals surface area (Å²) < 4.78 is 6.21. The third kappa shape index (κ3) is 5.20. The van der Waals surface area contributed by atoms with Gasteiger partial charge in [-0.1, -0.05) is 72.8 Å². The molecule has 1 saturated heterocycles. The number of nitro benzene ring substituents is 1. The number of nitrogens with zero attached hydrogens (tertiary/aromatic N) is 3. The van der Waals surface area contributed by atoms with E-state index >= 15 is 0 Å². The Kier molecular flexibility index (Phi) is 6.94. The Morgan fingerprint density at radius 2 is 1.49 bits per heavy atom. The molecular weight excluding hydrogens is 510 g/mol. The number of thioether (sulfide) groups is 1. The molecule has 0 radical (unpaired) electrons. The average molecular weight is 538 g/mol. The fourth-order valence-corrected chi connectivity index (χ4v) is 5.66. The molecule has 2 aliphatic rings. The molecule has 6 rings (SSSR count). The lowest BCUT2D eigenvalue weighted by molar-refractivity contribution is -0.384. The minimum Gasteiger partial charge on any atom is -0.489 e. The molecule has 7 nitrogen and oxygen atoms in total. The van der Waals surface area contributed by atoms with Gasteiger partial charge in [0.2, 0.25) is 0 Å². The van der Waals surface area contributed by atoms with Crippen LogP contribution >= 0.6 is 11.8 Å². The molecule has 4 aromatic rings. The molecule has 39 heavy (non-hydrogen) atoms. The van der Waals surface area contributed by atoms with Crippen molar-refractivity contribution in [3.63, 3.8) is 0 Å². The Hall–Kier alpha value is -4.30. The van der Waals surface area contributed by atoms with Crippen LogP contribution < -0.4 is 9.64 Å². The first-order valence-electron chi connectivity index (χ1n) is 12.8. The van der Waals surface area contributed by atoms with Gasteiger partial charge >= 0.3 is 0 Å². The van der Waals surface area contributed by atoms with Crippen molar-refractivity contribution in [1.82, 2.24) is 4.90 Å². The predicted molar refractivity (Wildman–Crippen MR) is 153 cm³/mol. The topological polar surface area (TPSA) is 75.9 Å². The zero-order valence-electron chi connectivity index (χ0n) is 21.2. The van der Waals surface area contributed by atoms with E-state index < -0.39 is 11.1 Å². The molecule has 8 heteroatoms. The molecule has 0 spiro atoms. The largest absolute Gasteiger partial charge is 0.489 e. The van der Waals surface area contributed by atoms with Crippen molar-refractivity contribution >= 4 is 29.0 Å². The van der Waals surface area contributed by atoms with Gasteiger partial charge in [0.15, 0.2) is 0 Å². The van der Waals surface area contributed by atoms with E-state index in [0.717, 1.165) is 33.9 Å². The van der Waals surface area contributed by atoms with Crippen LogP contribution in [0.4, 0.5) is 11.4 Å². The second kappa shape index (κ2) is 10.8. The number of carbonyl (C=O) groups is 1. The fourth-order valence-electron chi connectivity index (χ4n) is 5.10. The molecule has 1 amide bonds. The van der Waals surface area contributed by atoms with E-state index in [4.69, 9.17) is 4.74 Å². The van der Waals surface area contributed by atoms with Crippen molar-refractivity contribution in [2.24, 2.45) is 0 Å². The van der Waals surface area contributed by atoms with Crippen molar-refractivity contribution in [3.8, 4) is 5.75 Å². The summed E-state index contributed by atoms with van der Waals surface area (Å²) in [6.07, 6.45) is -0.258. The Morgan fingerprint density at radius 3 is 2.10 bits per heavy atom. The maximum Gasteiger partial charge on any atom is 0.270 e. The van der Waals surface area contributed by atoms with Crippen LogP contribution in [0, 0.1) is 10.1 Å². The van der Waals surface area contributed by atoms with Gasteiger partial charge in [-0.3, -0.25) is 14.9 Å². The highest BCUT2D eigenvalue weighted by Gasteiger charge is 2.40. The number of fused-ring (bicyclic) bond motifs is 1. The number of benzene rings is 4. The zero-order valence-corrected chi connectivity index (χ0v) is 22.0. The number of anilines is 1. The highest BCUT2D eigenvalue weighted by atomic mass is 32.2. The SMILES string of the molecule is O=C1c2cc([N+](=O)[O-])ccc2N(Cc2ccccc2)[C@@H](c2cccc(OC3CSC3)c2)N1Cc1ccccc1. The van der Waals surface area contributed by atoms with Gasteiger partial charge in [0.25, 0.3) is 11.6 Å². The smallest absolute Gasteiger partial charge is 0.270 e. The van der Waals surface area contributed by atoms with Gasteiger partial charge in [-0.25, -0.2) is 0 Å². The highest BCUT2D eigenvalue weighted by molar-refractivity contribution is 8.00. The van der Waals surface area contributed by atoms with Crippen LogP contribution in [-0.4, -0.2) is 33.3 Å². The van der Waals surface area contributed by atoms with E-state index in [9.17, 15) is 14.9 Å². The standard InChI is InChI=1S/C31H27N3O4S/c35-31-28-17-25(34(36)37)14-15-29(28)32(18-22-8-3-1-4-9-22)30(33(31)19-23-10-5-2-6-11-23)24-12-7-13-26(16-24)38-27-20-39-21-27/h1-17,27,30H,18-21H2/t30-/m1/s1. The highest BCUT2D eigenvalue weighted by Crippen LogP contribution is 2.42. The number of carbonyl (C=O) groups excluding carboxylic acids is 1. The van der Waals surface area contributed by atoms with Gasteiger partial charge in [0, 0.05) is 36.7 Å². The number of non-ortho nitro benzene ring substituents is 1. The number of hydrogen-bond acceptors (Lipinski definition) is 6. The second-order valence-electron chi connectivity index (χ2n) is 9.71. The van der Waals surface area contributed by atoms with E-state index in [1.165, 1.54) is 12.1 Å². The van der Waals surface area contributed by atoms with Crippen molar-refractivity contribution < 1.29 is 14.5 Å². The Bertz CT molecular complexity index is 1490. The molecule has 0 N–H and O–H groups in total. The van der Waals surface area contributed by atoms with E-state index in [1.54, 1.807) is 6.07 Å². The maximum absolute atomic E-state index is 14.1. The lowest BCUT2D eigenvalue weighted by atomic mass is 9.98. The molecule has 0 unspecified atom stereocenters. The molecule has 0 bridgehead atoms. The second-order valence-corrected chi connectivity index (χ2v) is 10.8. The predicted octanol–water partition coefficient (Wildman–Crippen LogP) is 6.45. The van der Waals surface area contributed by atoms with E-state index in [1.807, 2.05) is 102 Å². The van der Waals surface area contributed by atoms with Crippen molar-refractivity contribution in [1.29, 1.82) is 0 Å².